The summed E-state index contributed by atoms with van der Waals surface area (Å²) in [5.74, 6) is 1.03. The number of nitro benzene ring substituents is 1. The van der Waals surface area contributed by atoms with Gasteiger partial charge in [-0.2, -0.15) is 4.98 Å². The number of anilines is 2. The van der Waals surface area contributed by atoms with Gasteiger partial charge in [-0.05, 0) is 5.56 Å². The molecule has 0 saturated carbocycles. The second-order valence-corrected chi connectivity index (χ2v) is 5.76. The van der Waals surface area contributed by atoms with Crippen LogP contribution in [0.3, 0.4) is 0 Å². The highest BCUT2D eigenvalue weighted by Gasteiger charge is 2.08. The first-order valence-electron chi connectivity index (χ1n) is 8.42. The molecule has 0 aliphatic heterocycles. The van der Waals surface area contributed by atoms with Gasteiger partial charge in [0.25, 0.3) is 5.69 Å². The van der Waals surface area contributed by atoms with Gasteiger partial charge in [0, 0.05) is 36.9 Å². The molecule has 0 spiro atoms. The Labute approximate surface area is 156 Å². The molecule has 8 heteroatoms. The number of aliphatic hydroxyl groups excluding tert-OH is 1. The van der Waals surface area contributed by atoms with Gasteiger partial charge in [0.1, 0.15) is 5.82 Å². The van der Waals surface area contributed by atoms with Crippen molar-refractivity contribution in [3.63, 3.8) is 0 Å². The molecule has 0 aliphatic carbocycles. The maximum absolute atomic E-state index is 10.7. The SMILES string of the molecule is O=[N+]([O-])c1ccc(CNc2cc(-c3ccccc3)nc(NCCO)n2)cc1. The maximum atomic E-state index is 10.7. The lowest BCUT2D eigenvalue weighted by atomic mass is 10.1. The summed E-state index contributed by atoms with van der Waals surface area (Å²) in [7, 11) is 0. The third-order valence-electron chi connectivity index (χ3n) is 3.81. The van der Waals surface area contributed by atoms with Crippen molar-refractivity contribution < 1.29 is 10.0 Å². The van der Waals surface area contributed by atoms with Crippen molar-refractivity contribution in [3.05, 3.63) is 76.3 Å². The number of aromatic nitrogens is 2. The molecule has 0 radical (unpaired) electrons. The molecule has 0 saturated heterocycles. The number of hydrogen-bond acceptors (Lipinski definition) is 7. The van der Waals surface area contributed by atoms with E-state index in [4.69, 9.17) is 5.11 Å². The van der Waals surface area contributed by atoms with Crippen LogP contribution in [0, 0.1) is 10.1 Å². The molecule has 0 fully saturated rings. The molecule has 2 aromatic carbocycles. The zero-order valence-electron chi connectivity index (χ0n) is 14.5. The van der Waals surface area contributed by atoms with E-state index in [9.17, 15) is 10.1 Å². The van der Waals surface area contributed by atoms with Gasteiger partial charge in [-0.3, -0.25) is 10.1 Å². The number of rotatable bonds is 8. The Morgan fingerprint density at radius 1 is 1.00 bits per heavy atom. The summed E-state index contributed by atoms with van der Waals surface area (Å²) in [5, 5.41) is 25.9. The quantitative estimate of drug-likeness (QED) is 0.415. The van der Waals surface area contributed by atoms with Crippen LogP contribution in [0.2, 0.25) is 0 Å². The van der Waals surface area contributed by atoms with Crippen LogP contribution in [0.4, 0.5) is 17.5 Å². The highest BCUT2D eigenvalue weighted by Crippen LogP contribution is 2.22. The molecular weight excluding hydrogens is 346 g/mol. The molecule has 138 valence electrons. The lowest BCUT2D eigenvalue weighted by molar-refractivity contribution is -0.384. The Morgan fingerprint density at radius 2 is 1.74 bits per heavy atom. The van der Waals surface area contributed by atoms with Gasteiger partial charge < -0.3 is 15.7 Å². The van der Waals surface area contributed by atoms with Gasteiger partial charge in [0.05, 0.1) is 17.2 Å². The van der Waals surface area contributed by atoms with E-state index in [0.717, 1.165) is 16.8 Å². The van der Waals surface area contributed by atoms with Gasteiger partial charge in [-0.1, -0.05) is 42.5 Å². The number of nitrogens with zero attached hydrogens (tertiary/aromatic N) is 3. The van der Waals surface area contributed by atoms with Crippen LogP contribution in [0.5, 0.6) is 0 Å². The van der Waals surface area contributed by atoms with Crippen LogP contribution in [-0.2, 0) is 6.54 Å². The van der Waals surface area contributed by atoms with Crippen LogP contribution in [0.15, 0.2) is 60.7 Å². The van der Waals surface area contributed by atoms with Crippen molar-refractivity contribution in [1.29, 1.82) is 0 Å². The zero-order chi connectivity index (χ0) is 19.1. The predicted molar refractivity (Wildman–Crippen MR) is 103 cm³/mol. The Morgan fingerprint density at radius 3 is 2.41 bits per heavy atom. The van der Waals surface area contributed by atoms with E-state index < -0.39 is 4.92 Å². The first-order valence-corrected chi connectivity index (χ1v) is 8.42. The van der Waals surface area contributed by atoms with Crippen molar-refractivity contribution in [1.82, 2.24) is 9.97 Å². The van der Waals surface area contributed by atoms with Crippen LogP contribution >= 0.6 is 0 Å². The van der Waals surface area contributed by atoms with Crippen molar-refractivity contribution in [3.8, 4) is 11.3 Å². The van der Waals surface area contributed by atoms with Gasteiger partial charge >= 0.3 is 0 Å². The average Bonchev–Trinajstić information content (AvgIpc) is 2.71. The second-order valence-electron chi connectivity index (χ2n) is 5.76. The Balaban J connectivity index is 1.79. The van der Waals surface area contributed by atoms with E-state index in [1.54, 1.807) is 12.1 Å². The summed E-state index contributed by atoms with van der Waals surface area (Å²) >= 11 is 0. The molecule has 0 amide bonds. The summed E-state index contributed by atoms with van der Waals surface area (Å²) in [5.41, 5.74) is 2.65. The van der Waals surface area contributed by atoms with Crippen molar-refractivity contribution in [2.75, 3.05) is 23.8 Å². The van der Waals surface area contributed by atoms with Crippen LogP contribution in [0.1, 0.15) is 5.56 Å². The minimum Gasteiger partial charge on any atom is -0.395 e. The molecule has 27 heavy (non-hydrogen) atoms. The number of benzene rings is 2. The largest absolute Gasteiger partial charge is 0.395 e. The number of non-ortho nitro benzene ring substituents is 1. The molecular formula is C19H19N5O3. The summed E-state index contributed by atoms with van der Waals surface area (Å²) in [4.78, 5) is 19.2. The number of hydrogen-bond donors (Lipinski definition) is 3. The predicted octanol–water partition coefficient (Wildman–Crippen LogP) is 3.07. The van der Waals surface area contributed by atoms with Crippen LogP contribution in [-0.4, -0.2) is 33.1 Å². The van der Waals surface area contributed by atoms with E-state index >= 15 is 0 Å². The fraction of sp³-hybridized carbons (Fsp3) is 0.158. The topological polar surface area (TPSA) is 113 Å². The number of nitrogens with one attached hydrogen (secondary N) is 2. The van der Waals surface area contributed by atoms with E-state index in [0.29, 0.717) is 24.9 Å². The van der Waals surface area contributed by atoms with Gasteiger partial charge in [0.15, 0.2) is 0 Å². The van der Waals surface area contributed by atoms with E-state index in [1.165, 1.54) is 12.1 Å². The van der Waals surface area contributed by atoms with Crippen LogP contribution in [0.25, 0.3) is 11.3 Å². The molecule has 0 unspecified atom stereocenters. The normalized spacial score (nSPS) is 10.4. The minimum absolute atomic E-state index is 0.0233. The first kappa shape index (κ1) is 18.3. The Hall–Kier alpha value is -3.52. The monoisotopic (exact) mass is 365 g/mol. The van der Waals surface area contributed by atoms with Gasteiger partial charge in [-0.25, -0.2) is 4.98 Å². The number of nitro groups is 1. The molecule has 0 bridgehead atoms. The van der Waals surface area contributed by atoms with Crippen molar-refractivity contribution in [2.45, 2.75) is 6.54 Å². The zero-order valence-corrected chi connectivity index (χ0v) is 14.5. The van der Waals surface area contributed by atoms with E-state index in [1.807, 2.05) is 36.4 Å². The fourth-order valence-corrected chi connectivity index (χ4v) is 2.47. The maximum Gasteiger partial charge on any atom is 0.269 e. The third-order valence-corrected chi connectivity index (χ3v) is 3.81. The van der Waals surface area contributed by atoms with E-state index in [-0.39, 0.29) is 12.3 Å². The molecule has 3 rings (SSSR count). The highest BCUT2D eigenvalue weighted by molar-refractivity contribution is 5.64. The molecule has 3 N–H and O–H groups in total. The first-order chi connectivity index (χ1) is 13.2. The van der Waals surface area contributed by atoms with E-state index in [2.05, 4.69) is 20.6 Å². The second kappa shape index (κ2) is 8.72. The molecule has 0 atom stereocenters. The summed E-state index contributed by atoms with van der Waals surface area (Å²) < 4.78 is 0. The molecule has 3 aromatic rings. The minimum atomic E-state index is -0.424. The fourth-order valence-electron chi connectivity index (χ4n) is 2.47. The Bertz CT molecular complexity index is 901. The molecule has 0 aliphatic rings. The Kier molecular flexibility index (Phi) is 5.91. The summed E-state index contributed by atoms with van der Waals surface area (Å²) in [6, 6.07) is 17.9. The van der Waals surface area contributed by atoms with Crippen LogP contribution < -0.4 is 10.6 Å². The van der Waals surface area contributed by atoms with Crippen molar-refractivity contribution in [2.24, 2.45) is 0 Å². The molecule has 1 heterocycles. The standard InChI is InChI=1S/C19H19N5O3/c25-11-10-20-19-22-17(15-4-2-1-3-5-15)12-18(23-19)21-13-14-6-8-16(9-7-14)24(26)27/h1-9,12,25H,10-11,13H2,(H2,20,21,22,23). The summed E-state index contributed by atoms with van der Waals surface area (Å²) in [6.07, 6.45) is 0. The van der Waals surface area contributed by atoms with Gasteiger partial charge in [-0.15, -0.1) is 0 Å². The third kappa shape index (κ3) is 4.99. The lowest BCUT2D eigenvalue weighted by Gasteiger charge is -2.11. The molecule has 8 nitrogen and oxygen atoms in total. The van der Waals surface area contributed by atoms with Crippen molar-refractivity contribution >= 4 is 17.5 Å². The molecule has 1 aromatic heterocycles. The highest BCUT2D eigenvalue weighted by atomic mass is 16.6. The van der Waals surface area contributed by atoms with Gasteiger partial charge in [0.2, 0.25) is 5.95 Å². The smallest absolute Gasteiger partial charge is 0.269 e. The number of aliphatic hydroxyl groups is 1. The average molecular weight is 365 g/mol. The lowest BCUT2D eigenvalue weighted by Crippen LogP contribution is -2.11. The summed E-state index contributed by atoms with van der Waals surface area (Å²) in [6.45, 7) is 0.785.